The maximum Gasteiger partial charge on any atom is 0.269 e. The molecule has 1 aromatic heterocycles. The van der Waals surface area contributed by atoms with Crippen molar-refractivity contribution < 1.29 is 14.3 Å². The summed E-state index contributed by atoms with van der Waals surface area (Å²) in [4.78, 5) is 29.6. The van der Waals surface area contributed by atoms with Crippen LogP contribution in [0.15, 0.2) is 6.07 Å². The van der Waals surface area contributed by atoms with Gasteiger partial charge in [-0.2, -0.15) is 5.10 Å². The van der Waals surface area contributed by atoms with Gasteiger partial charge < -0.3 is 15.0 Å². The van der Waals surface area contributed by atoms with Gasteiger partial charge in [0, 0.05) is 64.4 Å². The zero-order valence-electron chi connectivity index (χ0n) is 18.3. The number of piperidine rings is 1. The molecule has 8 heteroatoms. The summed E-state index contributed by atoms with van der Waals surface area (Å²) < 4.78 is 7.21. The highest BCUT2D eigenvalue weighted by Gasteiger charge is 2.37. The number of aromatic nitrogens is 2. The van der Waals surface area contributed by atoms with E-state index in [0.29, 0.717) is 36.1 Å². The Morgan fingerprint density at radius 2 is 1.80 bits per heavy atom. The summed E-state index contributed by atoms with van der Waals surface area (Å²) in [5.41, 5.74) is 1.44. The molecule has 3 heterocycles. The van der Waals surface area contributed by atoms with Crippen molar-refractivity contribution in [2.75, 3.05) is 39.4 Å². The summed E-state index contributed by atoms with van der Waals surface area (Å²) in [6.45, 7) is 6.67. The highest BCUT2D eigenvalue weighted by Crippen LogP contribution is 2.32. The zero-order valence-corrected chi connectivity index (χ0v) is 18.3. The van der Waals surface area contributed by atoms with E-state index in [9.17, 15) is 9.59 Å². The van der Waals surface area contributed by atoms with Crippen molar-refractivity contribution in [1.29, 1.82) is 0 Å². The summed E-state index contributed by atoms with van der Waals surface area (Å²) in [5.74, 6) is 0.596. The average molecular weight is 418 g/mol. The summed E-state index contributed by atoms with van der Waals surface area (Å²) >= 11 is 0. The number of carbonyl (C=O) groups is 2. The summed E-state index contributed by atoms with van der Waals surface area (Å²) in [7, 11) is 1.80. The van der Waals surface area contributed by atoms with Gasteiger partial charge in [0.2, 0.25) is 5.91 Å². The fourth-order valence-corrected chi connectivity index (χ4v) is 4.90. The van der Waals surface area contributed by atoms with Gasteiger partial charge in [0.25, 0.3) is 5.91 Å². The highest BCUT2D eigenvalue weighted by atomic mass is 16.5. The van der Waals surface area contributed by atoms with Crippen molar-refractivity contribution in [2.45, 2.75) is 57.5 Å². The van der Waals surface area contributed by atoms with Crippen LogP contribution in [0.5, 0.6) is 0 Å². The van der Waals surface area contributed by atoms with E-state index in [1.54, 1.807) is 11.7 Å². The standard InChI is InChI=1S/C22H35N5O3/c1-16-15-20(25(2)24-16)21(28)23-9-12-27(19-7-13-30-14-8-19)18-5-10-26(11-6-18)22(29)17-3-4-17/h15,17-19H,3-14H2,1-2H3,(H,23,28). The van der Waals surface area contributed by atoms with E-state index in [1.165, 1.54) is 0 Å². The first-order valence-corrected chi connectivity index (χ1v) is 11.4. The van der Waals surface area contributed by atoms with Gasteiger partial charge in [-0.15, -0.1) is 0 Å². The van der Waals surface area contributed by atoms with Crippen LogP contribution in [0, 0.1) is 12.8 Å². The van der Waals surface area contributed by atoms with Crippen LogP contribution in [-0.4, -0.2) is 82.9 Å². The third-order valence-electron chi connectivity index (χ3n) is 6.72. The molecule has 0 aromatic carbocycles. The van der Waals surface area contributed by atoms with Gasteiger partial charge in [0.1, 0.15) is 5.69 Å². The topological polar surface area (TPSA) is 79.7 Å². The molecule has 0 spiro atoms. The molecule has 3 aliphatic rings. The molecule has 2 saturated heterocycles. The summed E-state index contributed by atoms with van der Waals surface area (Å²) in [6.07, 6.45) is 6.26. The lowest BCUT2D eigenvalue weighted by Gasteiger charge is -2.43. The molecule has 1 aliphatic carbocycles. The van der Waals surface area contributed by atoms with Crippen molar-refractivity contribution in [3.05, 3.63) is 17.5 Å². The van der Waals surface area contributed by atoms with Gasteiger partial charge in [0.15, 0.2) is 0 Å². The second kappa shape index (κ2) is 9.47. The number of ether oxygens (including phenoxy) is 1. The van der Waals surface area contributed by atoms with E-state index in [1.807, 2.05) is 13.0 Å². The third-order valence-corrected chi connectivity index (χ3v) is 6.72. The number of nitrogens with zero attached hydrogens (tertiary/aromatic N) is 4. The fourth-order valence-electron chi connectivity index (χ4n) is 4.90. The number of likely N-dealkylation sites (tertiary alicyclic amines) is 1. The molecule has 4 rings (SSSR count). The number of nitrogens with one attached hydrogen (secondary N) is 1. The van der Waals surface area contributed by atoms with Crippen molar-refractivity contribution in [3.63, 3.8) is 0 Å². The number of hydrogen-bond acceptors (Lipinski definition) is 5. The average Bonchev–Trinajstić information content (AvgIpc) is 3.55. The van der Waals surface area contributed by atoms with Gasteiger partial charge >= 0.3 is 0 Å². The molecule has 166 valence electrons. The zero-order chi connectivity index (χ0) is 21.1. The lowest BCUT2D eigenvalue weighted by Crippen LogP contribution is -2.53. The number of aryl methyl sites for hydroxylation is 2. The predicted octanol–water partition coefficient (Wildman–Crippen LogP) is 1.34. The Hall–Kier alpha value is -1.93. The van der Waals surface area contributed by atoms with Crippen LogP contribution in [0.2, 0.25) is 0 Å². The number of amides is 2. The molecule has 0 atom stereocenters. The Balaban J connectivity index is 1.32. The van der Waals surface area contributed by atoms with E-state index >= 15 is 0 Å². The first kappa shape index (κ1) is 21.3. The second-order valence-electron chi connectivity index (χ2n) is 8.96. The van der Waals surface area contributed by atoms with Crippen LogP contribution in [-0.2, 0) is 16.6 Å². The van der Waals surface area contributed by atoms with Gasteiger partial charge in [-0.3, -0.25) is 19.2 Å². The molecule has 2 aliphatic heterocycles. The maximum absolute atomic E-state index is 12.5. The van der Waals surface area contributed by atoms with Crippen molar-refractivity contribution >= 4 is 11.8 Å². The quantitative estimate of drug-likeness (QED) is 0.724. The highest BCUT2D eigenvalue weighted by molar-refractivity contribution is 5.92. The smallest absolute Gasteiger partial charge is 0.269 e. The number of carbonyl (C=O) groups excluding carboxylic acids is 2. The van der Waals surface area contributed by atoms with Crippen molar-refractivity contribution in [3.8, 4) is 0 Å². The summed E-state index contributed by atoms with van der Waals surface area (Å²) in [5, 5.41) is 7.33. The minimum Gasteiger partial charge on any atom is -0.381 e. The molecule has 0 bridgehead atoms. The molecular weight excluding hydrogens is 382 g/mol. The van der Waals surface area contributed by atoms with Gasteiger partial charge in [0.05, 0.1) is 5.69 Å². The predicted molar refractivity (Wildman–Crippen MR) is 113 cm³/mol. The van der Waals surface area contributed by atoms with E-state index in [2.05, 4.69) is 20.2 Å². The van der Waals surface area contributed by atoms with E-state index in [0.717, 1.165) is 77.1 Å². The first-order valence-electron chi connectivity index (χ1n) is 11.4. The number of hydrogen-bond donors (Lipinski definition) is 1. The Morgan fingerprint density at radius 1 is 1.13 bits per heavy atom. The number of rotatable bonds is 7. The molecule has 1 saturated carbocycles. The Morgan fingerprint density at radius 3 is 2.40 bits per heavy atom. The van der Waals surface area contributed by atoms with Crippen LogP contribution in [0.4, 0.5) is 0 Å². The SMILES string of the molecule is Cc1cc(C(=O)NCCN(C2CCOCC2)C2CCN(C(=O)C3CC3)CC2)n(C)n1. The van der Waals surface area contributed by atoms with Crippen LogP contribution < -0.4 is 5.32 Å². The van der Waals surface area contributed by atoms with Crippen LogP contribution in [0.1, 0.15) is 54.7 Å². The molecule has 0 unspecified atom stereocenters. The van der Waals surface area contributed by atoms with Gasteiger partial charge in [-0.05, 0) is 51.5 Å². The monoisotopic (exact) mass is 417 g/mol. The van der Waals surface area contributed by atoms with Crippen LogP contribution >= 0.6 is 0 Å². The van der Waals surface area contributed by atoms with E-state index < -0.39 is 0 Å². The molecule has 0 radical (unpaired) electrons. The second-order valence-corrected chi connectivity index (χ2v) is 8.96. The molecular formula is C22H35N5O3. The van der Waals surface area contributed by atoms with Crippen molar-refractivity contribution in [2.24, 2.45) is 13.0 Å². The van der Waals surface area contributed by atoms with Crippen LogP contribution in [0.3, 0.4) is 0 Å². The van der Waals surface area contributed by atoms with E-state index in [-0.39, 0.29) is 5.91 Å². The molecule has 8 nitrogen and oxygen atoms in total. The van der Waals surface area contributed by atoms with Gasteiger partial charge in [-0.1, -0.05) is 0 Å². The lowest BCUT2D eigenvalue weighted by atomic mass is 9.97. The maximum atomic E-state index is 12.5. The minimum atomic E-state index is -0.0742. The molecule has 1 N–H and O–H groups in total. The Bertz CT molecular complexity index is 746. The van der Waals surface area contributed by atoms with Gasteiger partial charge in [-0.25, -0.2) is 0 Å². The molecule has 3 fully saturated rings. The first-order chi connectivity index (χ1) is 14.5. The Kier molecular flexibility index (Phi) is 6.73. The third kappa shape index (κ3) is 5.03. The van der Waals surface area contributed by atoms with E-state index in [4.69, 9.17) is 4.74 Å². The summed E-state index contributed by atoms with van der Waals surface area (Å²) in [6, 6.07) is 2.77. The Labute approximate surface area is 178 Å². The normalized spacial score (nSPS) is 21.2. The lowest BCUT2D eigenvalue weighted by molar-refractivity contribution is -0.134. The molecule has 1 aromatic rings. The van der Waals surface area contributed by atoms with Crippen molar-refractivity contribution in [1.82, 2.24) is 24.9 Å². The van der Waals surface area contributed by atoms with Crippen LogP contribution in [0.25, 0.3) is 0 Å². The minimum absolute atomic E-state index is 0.0742. The molecule has 2 amide bonds. The molecule has 30 heavy (non-hydrogen) atoms. The fraction of sp³-hybridized carbons (Fsp3) is 0.773. The largest absolute Gasteiger partial charge is 0.381 e.